The first-order valence-corrected chi connectivity index (χ1v) is 7.15. The van der Waals surface area contributed by atoms with Crippen LogP contribution >= 0.6 is 0 Å². The minimum absolute atomic E-state index is 0.0231. The Kier molecular flexibility index (Phi) is 5.95. The fraction of sp³-hybridized carbons (Fsp3) is 0.533. The molecule has 1 aliphatic heterocycles. The highest BCUT2D eigenvalue weighted by Gasteiger charge is 2.15. The van der Waals surface area contributed by atoms with Gasteiger partial charge in [0.2, 0.25) is 5.91 Å². The van der Waals surface area contributed by atoms with Gasteiger partial charge >= 0.3 is 0 Å². The van der Waals surface area contributed by atoms with Gasteiger partial charge in [0.1, 0.15) is 5.82 Å². The summed E-state index contributed by atoms with van der Waals surface area (Å²) in [5.74, 6) is -0.132. The molecule has 21 heavy (non-hydrogen) atoms. The number of anilines is 2. The minimum Gasteiger partial charge on any atom is -0.396 e. The van der Waals surface area contributed by atoms with E-state index in [-0.39, 0.29) is 11.6 Å². The van der Waals surface area contributed by atoms with Gasteiger partial charge in [-0.1, -0.05) is 0 Å². The second-order valence-electron chi connectivity index (χ2n) is 5.19. The van der Waals surface area contributed by atoms with Crippen molar-refractivity contribution in [1.29, 1.82) is 0 Å². The van der Waals surface area contributed by atoms with Gasteiger partial charge in [-0.3, -0.25) is 4.79 Å². The molecule has 0 spiro atoms. The molecule has 1 saturated heterocycles. The maximum Gasteiger partial charge on any atom is 0.224 e. The molecule has 0 radical (unpaired) electrons. The highest BCUT2D eigenvalue weighted by Crippen LogP contribution is 2.16. The largest absolute Gasteiger partial charge is 0.396 e. The molecule has 2 rings (SSSR count). The SMILES string of the molecule is Nc1cc(NC(=O)CCCOCC2CCOC2)ccc1F. The van der Waals surface area contributed by atoms with E-state index in [9.17, 15) is 9.18 Å². The first-order valence-electron chi connectivity index (χ1n) is 7.15. The van der Waals surface area contributed by atoms with Crippen LogP contribution in [-0.2, 0) is 14.3 Å². The van der Waals surface area contributed by atoms with Crippen molar-refractivity contribution in [1.82, 2.24) is 0 Å². The molecule has 5 nitrogen and oxygen atoms in total. The Morgan fingerprint density at radius 3 is 3.10 bits per heavy atom. The number of halogens is 1. The van der Waals surface area contributed by atoms with Crippen molar-refractivity contribution in [3.8, 4) is 0 Å². The molecule has 1 unspecified atom stereocenters. The lowest BCUT2D eigenvalue weighted by atomic mass is 10.1. The van der Waals surface area contributed by atoms with E-state index in [0.29, 0.717) is 37.7 Å². The van der Waals surface area contributed by atoms with Crippen molar-refractivity contribution < 1.29 is 18.7 Å². The lowest BCUT2D eigenvalue weighted by Gasteiger charge is -2.09. The van der Waals surface area contributed by atoms with Crippen molar-refractivity contribution in [2.45, 2.75) is 19.3 Å². The zero-order chi connectivity index (χ0) is 15.1. The summed E-state index contributed by atoms with van der Waals surface area (Å²) in [6.07, 6.45) is 2.06. The molecular weight excluding hydrogens is 275 g/mol. The van der Waals surface area contributed by atoms with Crippen LogP contribution in [0.25, 0.3) is 0 Å². The molecule has 6 heteroatoms. The van der Waals surface area contributed by atoms with Gasteiger partial charge < -0.3 is 20.5 Å². The van der Waals surface area contributed by atoms with Crippen molar-refractivity contribution in [3.05, 3.63) is 24.0 Å². The fourth-order valence-corrected chi connectivity index (χ4v) is 2.14. The summed E-state index contributed by atoms with van der Waals surface area (Å²) in [6.45, 7) is 2.83. The molecule has 1 aromatic carbocycles. The summed E-state index contributed by atoms with van der Waals surface area (Å²) in [6, 6.07) is 4.13. The Balaban J connectivity index is 1.59. The maximum absolute atomic E-state index is 13.0. The topological polar surface area (TPSA) is 73.6 Å². The highest BCUT2D eigenvalue weighted by atomic mass is 19.1. The van der Waals surface area contributed by atoms with E-state index < -0.39 is 5.82 Å². The van der Waals surface area contributed by atoms with Gasteiger partial charge in [-0.05, 0) is 31.0 Å². The van der Waals surface area contributed by atoms with E-state index in [1.807, 2.05) is 0 Å². The predicted octanol–water partition coefficient (Wildman–Crippen LogP) is 2.18. The normalized spacial score (nSPS) is 17.9. The molecule has 1 aliphatic rings. The number of hydrogen-bond acceptors (Lipinski definition) is 4. The molecule has 1 atom stereocenters. The number of carbonyl (C=O) groups excluding carboxylic acids is 1. The minimum atomic E-state index is -0.489. The third-order valence-corrected chi connectivity index (χ3v) is 3.35. The number of carbonyl (C=O) groups is 1. The first kappa shape index (κ1) is 15.7. The Hall–Kier alpha value is -1.66. The van der Waals surface area contributed by atoms with Gasteiger partial charge in [-0.15, -0.1) is 0 Å². The number of nitrogen functional groups attached to an aromatic ring is 1. The van der Waals surface area contributed by atoms with Crippen LogP contribution in [0.3, 0.4) is 0 Å². The Labute approximate surface area is 123 Å². The summed E-state index contributed by atoms with van der Waals surface area (Å²) >= 11 is 0. The lowest BCUT2D eigenvalue weighted by Crippen LogP contribution is -2.14. The second-order valence-corrected chi connectivity index (χ2v) is 5.19. The van der Waals surface area contributed by atoms with Crippen LogP contribution < -0.4 is 11.1 Å². The summed E-state index contributed by atoms with van der Waals surface area (Å²) in [5, 5.41) is 2.68. The number of amides is 1. The zero-order valence-electron chi connectivity index (χ0n) is 11.9. The molecular formula is C15H21FN2O3. The van der Waals surface area contributed by atoms with Gasteiger partial charge in [0.15, 0.2) is 0 Å². The van der Waals surface area contributed by atoms with Crippen molar-refractivity contribution in [2.24, 2.45) is 5.92 Å². The molecule has 0 saturated carbocycles. The van der Waals surface area contributed by atoms with Gasteiger partial charge in [0.05, 0.1) is 18.9 Å². The van der Waals surface area contributed by atoms with Crippen LogP contribution in [0, 0.1) is 11.7 Å². The van der Waals surface area contributed by atoms with Gasteiger partial charge in [-0.25, -0.2) is 4.39 Å². The maximum atomic E-state index is 13.0. The van der Waals surface area contributed by atoms with Crippen LogP contribution in [0.4, 0.5) is 15.8 Å². The average Bonchev–Trinajstić information content (AvgIpc) is 2.96. The molecule has 0 aliphatic carbocycles. The smallest absolute Gasteiger partial charge is 0.224 e. The lowest BCUT2D eigenvalue weighted by molar-refractivity contribution is -0.116. The Bertz CT molecular complexity index is 476. The van der Waals surface area contributed by atoms with Gasteiger partial charge in [0, 0.05) is 31.2 Å². The van der Waals surface area contributed by atoms with Crippen LogP contribution in [-0.4, -0.2) is 32.3 Å². The average molecular weight is 296 g/mol. The molecule has 1 aromatic rings. The van der Waals surface area contributed by atoms with Crippen molar-refractivity contribution >= 4 is 17.3 Å². The van der Waals surface area contributed by atoms with Crippen LogP contribution in [0.15, 0.2) is 18.2 Å². The molecule has 1 heterocycles. The number of nitrogens with one attached hydrogen (secondary N) is 1. The molecule has 1 fully saturated rings. The van der Waals surface area contributed by atoms with Crippen LogP contribution in [0.5, 0.6) is 0 Å². The predicted molar refractivity (Wildman–Crippen MR) is 78.4 cm³/mol. The van der Waals surface area contributed by atoms with E-state index in [4.69, 9.17) is 15.2 Å². The number of benzene rings is 1. The standard InChI is InChI=1S/C15H21FN2O3/c16-13-4-3-12(8-14(13)17)18-15(19)2-1-6-20-9-11-5-7-21-10-11/h3-4,8,11H,1-2,5-7,9-10,17H2,(H,18,19). The van der Waals surface area contributed by atoms with Crippen molar-refractivity contribution in [2.75, 3.05) is 37.5 Å². The number of hydrogen-bond donors (Lipinski definition) is 2. The van der Waals surface area contributed by atoms with E-state index in [0.717, 1.165) is 19.6 Å². The van der Waals surface area contributed by atoms with Gasteiger partial charge in [-0.2, -0.15) is 0 Å². The van der Waals surface area contributed by atoms with Crippen LogP contribution in [0.2, 0.25) is 0 Å². The van der Waals surface area contributed by atoms with E-state index in [1.54, 1.807) is 0 Å². The third kappa shape index (κ3) is 5.32. The monoisotopic (exact) mass is 296 g/mol. The molecule has 116 valence electrons. The highest BCUT2D eigenvalue weighted by molar-refractivity contribution is 5.91. The molecule has 0 aromatic heterocycles. The molecule has 3 N–H and O–H groups in total. The fourth-order valence-electron chi connectivity index (χ4n) is 2.14. The Morgan fingerprint density at radius 1 is 1.52 bits per heavy atom. The number of rotatable bonds is 7. The van der Waals surface area contributed by atoms with E-state index in [2.05, 4.69) is 5.32 Å². The van der Waals surface area contributed by atoms with Crippen LogP contribution in [0.1, 0.15) is 19.3 Å². The summed E-state index contributed by atoms with van der Waals surface area (Å²) in [5.41, 5.74) is 5.97. The summed E-state index contributed by atoms with van der Waals surface area (Å²) in [7, 11) is 0. The molecule has 0 bridgehead atoms. The third-order valence-electron chi connectivity index (χ3n) is 3.35. The van der Waals surface area contributed by atoms with Crippen molar-refractivity contribution in [3.63, 3.8) is 0 Å². The molecule has 1 amide bonds. The van der Waals surface area contributed by atoms with Gasteiger partial charge in [0.25, 0.3) is 0 Å². The number of ether oxygens (including phenoxy) is 2. The zero-order valence-corrected chi connectivity index (χ0v) is 11.9. The second kappa shape index (κ2) is 7.95. The van der Waals surface area contributed by atoms with E-state index >= 15 is 0 Å². The quantitative estimate of drug-likeness (QED) is 0.597. The summed E-state index contributed by atoms with van der Waals surface area (Å²) < 4.78 is 23.8. The Morgan fingerprint density at radius 2 is 2.38 bits per heavy atom. The van der Waals surface area contributed by atoms with E-state index in [1.165, 1.54) is 18.2 Å². The first-order chi connectivity index (χ1) is 10.1. The summed E-state index contributed by atoms with van der Waals surface area (Å²) in [4.78, 5) is 11.7. The number of nitrogens with two attached hydrogens (primary N) is 1.